The fourth-order valence-electron chi connectivity index (χ4n) is 2.27. The van der Waals surface area contributed by atoms with Gasteiger partial charge in [-0.2, -0.15) is 25.3 Å². The van der Waals surface area contributed by atoms with Gasteiger partial charge in [0.2, 0.25) is 0 Å². The second-order valence-electron chi connectivity index (χ2n) is 4.14. The van der Waals surface area contributed by atoms with E-state index in [-0.39, 0.29) is 23.8 Å². The molecule has 4 amide bonds. The molecule has 2 N–H and O–H groups in total. The molecule has 6 nitrogen and oxygen atoms in total. The first-order chi connectivity index (χ1) is 7.40. The molecular formula is C8H14N4O2S2. The Morgan fingerprint density at radius 2 is 1.31 bits per heavy atom. The SMILES string of the molecule is CC12NC(=O)N(CS)C1(C)NC(=O)N2CS. The maximum absolute atomic E-state index is 11.8. The van der Waals surface area contributed by atoms with Crippen molar-refractivity contribution >= 4 is 37.3 Å². The molecule has 2 unspecified atom stereocenters. The number of amides is 4. The van der Waals surface area contributed by atoms with E-state index in [9.17, 15) is 9.59 Å². The summed E-state index contributed by atoms with van der Waals surface area (Å²) in [6.45, 7) is 3.59. The lowest BCUT2D eigenvalue weighted by atomic mass is 9.99. The van der Waals surface area contributed by atoms with Crippen LogP contribution in [0.4, 0.5) is 9.59 Å². The third-order valence-corrected chi connectivity index (χ3v) is 4.07. The van der Waals surface area contributed by atoms with Crippen LogP contribution >= 0.6 is 25.3 Å². The van der Waals surface area contributed by atoms with Crippen molar-refractivity contribution in [1.82, 2.24) is 20.4 Å². The van der Waals surface area contributed by atoms with Crippen molar-refractivity contribution in [3.63, 3.8) is 0 Å². The van der Waals surface area contributed by atoms with Gasteiger partial charge in [-0.05, 0) is 13.8 Å². The monoisotopic (exact) mass is 262 g/mol. The average Bonchev–Trinajstić information content (AvgIpc) is 2.46. The lowest BCUT2D eigenvalue weighted by molar-refractivity contribution is 0.0800. The van der Waals surface area contributed by atoms with Crippen LogP contribution < -0.4 is 10.6 Å². The number of rotatable bonds is 2. The number of nitrogens with one attached hydrogen (secondary N) is 2. The summed E-state index contributed by atoms with van der Waals surface area (Å²) >= 11 is 8.23. The largest absolute Gasteiger partial charge is 0.322 e. The lowest BCUT2D eigenvalue weighted by Crippen LogP contribution is -2.63. The number of hydrogen-bond acceptors (Lipinski definition) is 4. The lowest BCUT2D eigenvalue weighted by Gasteiger charge is -2.38. The van der Waals surface area contributed by atoms with Gasteiger partial charge in [-0.1, -0.05) is 0 Å². The maximum atomic E-state index is 11.8. The number of carbonyl (C=O) groups excluding carboxylic acids is 2. The summed E-state index contributed by atoms with van der Waals surface area (Å²) in [6.07, 6.45) is 0. The van der Waals surface area contributed by atoms with E-state index in [2.05, 4.69) is 35.9 Å². The minimum absolute atomic E-state index is 0.235. The number of thiol groups is 2. The van der Waals surface area contributed by atoms with E-state index < -0.39 is 11.3 Å². The van der Waals surface area contributed by atoms with E-state index in [0.717, 1.165) is 0 Å². The van der Waals surface area contributed by atoms with E-state index in [4.69, 9.17) is 0 Å². The Hall–Kier alpha value is -0.760. The third-order valence-electron chi connectivity index (χ3n) is 3.50. The van der Waals surface area contributed by atoms with E-state index >= 15 is 0 Å². The molecule has 0 aromatic rings. The highest BCUT2D eigenvalue weighted by molar-refractivity contribution is 7.80. The Morgan fingerprint density at radius 1 is 1.00 bits per heavy atom. The predicted molar refractivity (Wildman–Crippen MR) is 65.3 cm³/mol. The molecule has 90 valence electrons. The topological polar surface area (TPSA) is 64.7 Å². The quantitative estimate of drug-likeness (QED) is 0.539. The van der Waals surface area contributed by atoms with Gasteiger partial charge in [0, 0.05) is 0 Å². The molecule has 2 heterocycles. The zero-order valence-electron chi connectivity index (χ0n) is 9.02. The fourth-order valence-corrected chi connectivity index (χ4v) is 3.10. The van der Waals surface area contributed by atoms with E-state index in [1.54, 1.807) is 13.8 Å². The molecule has 0 spiro atoms. The highest BCUT2D eigenvalue weighted by atomic mass is 32.1. The van der Waals surface area contributed by atoms with Gasteiger partial charge in [-0.15, -0.1) is 0 Å². The van der Waals surface area contributed by atoms with Crippen molar-refractivity contribution in [3.05, 3.63) is 0 Å². The number of nitrogens with zero attached hydrogens (tertiary/aromatic N) is 2. The van der Waals surface area contributed by atoms with Gasteiger partial charge >= 0.3 is 12.1 Å². The molecule has 8 heteroatoms. The molecule has 2 aliphatic heterocycles. The molecule has 2 saturated heterocycles. The normalized spacial score (nSPS) is 37.5. The first kappa shape index (κ1) is 11.7. The Bertz CT molecular complexity index is 332. The summed E-state index contributed by atoms with van der Waals surface area (Å²) in [4.78, 5) is 26.5. The van der Waals surface area contributed by atoms with Crippen LogP contribution in [-0.2, 0) is 0 Å². The molecule has 2 fully saturated rings. The van der Waals surface area contributed by atoms with Crippen molar-refractivity contribution in [2.24, 2.45) is 0 Å². The van der Waals surface area contributed by atoms with E-state index in [0.29, 0.717) is 0 Å². The van der Waals surface area contributed by atoms with Gasteiger partial charge < -0.3 is 10.6 Å². The van der Waals surface area contributed by atoms with Crippen molar-refractivity contribution in [2.75, 3.05) is 11.8 Å². The number of urea groups is 2. The van der Waals surface area contributed by atoms with Crippen LogP contribution in [0.1, 0.15) is 13.8 Å². The summed E-state index contributed by atoms with van der Waals surface area (Å²) < 4.78 is 0. The standard InChI is InChI=1S/C8H14N4O2S2/c1-7-8(2,10-6(14)11(7)3-15)12(4-16)5(13)9-7/h15-16H,3-4H2,1-2H3,(H,9,13)(H,10,14). The first-order valence-electron chi connectivity index (χ1n) is 4.82. The summed E-state index contributed by atoms with van der Waals surface area (Å²) in [5, 5.41) is 5.59. The fraction of sp³-hybridized carbons (Fsp3) is 0.750. The molecule has 2 rings (SSSR count). The van der Waals surface area contributed by atoms with Gasteiger partial charge in [0.1, 0.15) is 0 Å². The maximum Gasteiger partial charge on any atom is 0.322 e. The van der Waals surface area contributed by atoms with Crippen LogP contribution in [0.5, 0.6) is 0 Å². The molecular weight excluding hydrogens is 248 g/mol. The van der Waals surface area contributed by atoms with E-state index in [1.165, 1.54) is 9.80 Å². The Labute approximate surface area is 105 Å². The molecule has 16 heavy (non-hydrogen) atoms. The predicted octanol–water partition coefficient (Wildman–Crippen LogP) is 0.244. The number of carbonyl (C=O) groups is 2. The molecule has 2 atom stereocenters. The summed E-state index contributed by atoms with van der Waals surface area (Å²) in [6, 6.07) is -0.487. The molecule has 0 aromatic carbocycles. The van der Waals surface area contributed by atoms with Crippen molar-refractivity contribution < 1.29 is 9.59 Å². The van der Waals surface area contributed by atoms with Crippen LogP contribution in [0, 0.1) is 0 Å². The summed E-state index contributed by atoms with van der Waals surface area (Å²) in [7, 11) is 0. The summed E-state index contributed by atoms with van der Waals surface area (Å²) in [5.41, 5.74) is -1.60. The van der Waals surface area contributed by atoms with Crippen molar-refractivity contribution in [2.45, 2.75) is 25.2 Å². The van der Waals surface area contributed by atoms with Gasteiger partial charge in [-0.3, -0.25) is 9.80 Å². The van der Waals surface area contributed by atoms with Crippen LogP contribution in [0.15, 0.2) is 0 Å². The van der Waals surface area contributed by atoms with Crippen LogP contribution in [-0.4, -0.2) is 44.9 Å². The Kier molecular flexibility index (Phi) is 2.46. The van der Waals surface area contributed by atoms with Gasteiger partial charge in [0.05, 0.1) is 11.8 Å². The summed E-state index contributed by atoms with van der Waals surface area (Å²) in [5.74, 6) is 0.469. The smallest absolute Gasteiger partial charge is 0.311 e. The van der Waals surface area contributed by atoms with E-state index in [1.807, 2.05) is 0 Å². The van der Waals surface area contributed by atoms with Crippen LogP contribution in [0.25, 0.3) is 0 Å². The minimum atomic E-state index is -0.800. The van der Waals surface area contributed by atoms with Crippen LogP contribution in [0.2, 0.25) is 0 Å². The molecule has 0 saturated carbocycles. The van der Waals surface area contributed by atoms with Crippen molar-refractivity contribution in [3.8, 4) is 0 Å². The zero-order chi connectivity index (χ0) is 12.1. The number of hydrogen-bond donors (Lipinski definition) is 4. The van der Waals surface area contributed by atoms with Crippen LogP contribution in [0.3, 0.4) is 0 Å². The molecule has 0 radical (unpaired) electrons. The number of fused-ring (bicyclic) bond motifs is 1. The zero-order valence-corrected chi connectivity index (χ0v) is 10.8. The third kappa shape index (κ3) is 1.11. The second kappa shape index (κ2) is 3.36. The molecule has 2 aliphatic rings. The molecule has 0 aliphatic carbocycles. The highest BCUT2D eigenvalue weighted by Gasteiger charge is 2.66. The minimum Gasteiger partial charge on any atom is -0.311 e. The van der Waals surface area contributed by atoms with Crippen molar-refractivity contribution in [1.29, 1.82) is 0 Å². The highest BCUT2D eigenvalue weighted by Crippen LogP contribution is 2.40. The van der Waals surface area contributed by atoms with Gasteiger partial charge in [-0.25, -0.2) is 9.59 Å². The molecule has 0 aromatic heterocycles. The molecule has 0 bridgehead atoms. The second-order valence-corrected chi connectivity index (χ2v) is 4.71. The Balaban J connectivity index is 2.47. The Morgan fingerprint density at radius 3 is 1.56 bits per heavy atom. The first-order valence-corrected chi connectivity index (χ1v) is 6.08. The van der Waals surface area contributed by atoms with Gasteiger partial charge in [0.15, 0.2) is 11.3 Å². The average molecular weight is 262 g/mol. The van der Waals surface area contributed by atoms with Gasteiger partial charge in [0.25, 0.3) is 0 Å².